The molecule has 0 aromatic heterocycles. The lowest BCUT2D eigenvalue weighted by atomic mass is 9.82. The topological polar surface area (TPSA) is 63.6 Å². The van der Waals surface area contributed by atoms with Crippen LogP contribution in [0, 0.1) is 5.41 Å². The zero-order valence-corrected chi connectivity index (χ0v) is 7.19. The zero-order chi connectivity index (χ0) is 9.90. The molecule has 70 valence electrons. The molecule has 1 N–H and O–H groups in total. The lowest BCUT2D eigenvalue weighted by Gasteiger charge is -2.22. The number of carbonyl (C=O) groups excluding carboxylic acids is 1. The summed E-state index contributed by atoms with van der Waals surface area (Å²) in [6.45, 7) is 0. The van der Waals surface area contributed by atoms with Gasteiger partial charge in [0.05, 0.1) is 7.11 Å². The summed E-state index contributed by atoms with van der Waals surface area (Å²) in [7, 11) is 1.18. The monoisotopic (exact) mass is 182 g/mol. The SMILES string of the molecule is COC(=O)C1(C(=O)O)C=CC=CC1. The van der Waals surface area contributed by atoms with E-state index in [4.69, 9.17) is 5.11 Å². The molecule has 0 fully saturated rings. The molecule has 1 aliphatic rings. The number of ether oxygens (including phenoxy) is 1. The second-order valence-corrected chi connectivity index (χ2v) is 2.76. The van der Waals surface area contributed by atoms with Crippen LogP contribution in [0.5, 0.6) is 0 Å². The Kier molecular flexibility index (Phi) is 2.51. The van der Waals surface area contributed by atoms with E-state index >= 15 is 0 Å². The van der Waals surface area contributed by atoms with Gasteiger partial charge in [0, 0.05) is 0 Å². The number of methoxy groups -OCH3 is 1. The van der Waals surface area contributed by atoms with Crippen LogP contribution in [0.4, 0.5) is 0 Å². The summed E-state index contributed by atoms with van der Waals surface area (Å²) in [5, 5.41) is 8.90. The van der Waals surface area contributed by atoms with Crippen molar-refractivity contribution in [3.05, 3.63) is 24.3 Å². The van der Waals surface area contributed by atoms with Crippen molar-refractivity contribution in [3.63, 3.8) is 0 Å². The molecule has 0 amide bonds. The highest BCUT2D eigenvalue weighted by Crippen LogP contribution is 2.29. The number of carboxylic acids is 1. The van der Waals surface area contributed by atoms with E-state index in [1.165, 1.54) is 19.3 Å². The van der Waals surface area contributed by atoms with Crippen LogP contribution in [0.25, 0.3) is 0 Å². The van der Waals surface area contributed by atoms with E-state index in [0.29, 0.717) is 0 Å². The van der Waals surface area contributed by atoms with Crippen LogP contribution in [0.15, 0.2) is 24.3 Å². The number of hydrogen-bond donors (Lipinski definition) is 1. The first kappa shape index (κ1) is 9.51. The number of carboxylic acid groups (broad SMARTS) is 1. The van der Waals surface area contributed by atoms with Gasteiger partial charge in [-0.25, -0.2) is 0 Å². The first-order valence-corrected chi connectivity index (χ1v) is 3.79. The van der Waals surface area contributed by atoms with Crippen molar-refractivity contribution in [2.75, 3.05) is 7.11 Å². The maximum atomic E-state index is 11.2. The van der Waals surface area contributed by atoms with Gasteiger partial charge in [0.15, 0.2) is 5.41 Å². The average Bonchev–Trinajstić information content (AvgIpc) is 2.17. The first-order valence-electron chi connectivity index (χ1n) is 3.79. The Morgan fingerprint density at radius 2 is 2.15 bits per heavy atom. The summed E-state index contributed by atoms with van der Waals surface area (Å²) in [4.78, 5) is 22.1. The van der Waals surface area contributed by atoms with Crippen LogP contribution >= 0.6 is 0 Å². The van der Waals surface area contributed by atoms with Crippen LogP contribution in [-0.2, 0) is 14.3 Å². The lowest BCUT2D eigenvalue weighted by Crippen LogP contribution is -2.38. The van der Waals surface area contributed by atoms with E-state index in [1.807, 2.05) is 0 Å². The number of carbonyl (C=O) groups is 2. The van der Waals surface area contributed by atoms with Crippen molar-refractivity contribution in [2.24, 2.45) is 5.41 Å². The van der Waals surface area contributed by atoms with Gasteiger partial charge in [0.1, 0.15) is 0 Å². The average molecular weight is 182 g/mol. The van der Waals surface area contributed by atoms with Gasteiger partial charge in [-0.1, -0.05) is 24.3 Å². The van der Waals surface area contributed by atoms with Crippen molar-refractivity contribution >= 4 is 11.9 Å². The molecule has 13 heavy (non-hydrogen) atoms. The number of hydrogen-bond acceptors (Lipinski definition) is 3. The summed E-state index contributed by atoms with van der Waals surface area (Å²) in [6, 6.07) is 0. The molecule has 0 bridgehead atoms. The summed E-state index contributed by atoms with van der Waals surface area (Å²) < 4.78 is 4.45. The number of esters is 1. The fraction of sp³-hybridized carbons (Fsp3) is 0.333. The Morgan fingerprint density at radius 3 is 2.54 bits per heavy atom. The van der Waals surface area contributed by atoms with Gasteiger partial charge in [-0.3, -0.25) is 9.59 Å². The minimum Gasteiger partial charge on any atom is -0.480 e. The third-order valence-corrected chi connectivity index (χ3v) is 2.00. The van der Waals surface area contributed by atoms with Gasteiger partial charge in [0.25, 0.3) is 0 Å². The molecule has 4 nitrogen and oxygen atoms in total. The Hall–Kier alpha value is -1.58. The molecule has 0 radical (unpaired) electrons. The number of rotatable bonds is 2. The minimum absolute atomic E-state index is 0.144. The van der Waals surface area contributed by atoms with Gasteiger partial charge in [-0.05, 0) is 6.42 Å². The Labute approximate surface area is 75.5 Å². The molecule has 4 heteroatoms. The predicted octanol–water partition coefficient (Wildman–Crippen LogP) is 0.746. The van der Waals surface area contributed by atoms with E-state index in [1.54, 1.807) is 12.2 Å². The van der Waals surface area contributed by atoms with Crippen LogP contribution in [0.1, 0.15) is 6.42 Å². The van der Waals surface area contributed by atoms with Gasteiger partial charge >= 0.3 is 11.9 Å². The molecule has 0 saturated heterocycles. The molecule has 1 rings (SSSR count). The molecule has 1 unspecified atom stereocenters. The standard InChI is InChI=1S/C9H10O4/c1-13-8(12)9(7(10)11)5-3-2-4-6-9/h2-5H,6H2,1H3,(H,10,11). The third-order valence-electron chi connectivity index (χ3n) is 2.00. The smallest absolute Gasteiger partial charge is 0.327 e. The zero-order valence-electron chi connectivity index (χ0n) is 7.19. The fourth-order valence-electron chi connectivity index (χ4n) is 1.20. The lowest BCUT2D eigenvalue weighted by molar-refractivity contribution is -0.162. The Morgan fingerprint density at radius 1 is 1.46 bits per heavy atom. The molecule has 0 aliphatic heterocycles. The van der Waals surface area contributed by atoms with Crippen LogP contribution < -0.4 is 0 Å². The van der Waals surface area contributed by atoms with E-state index in [0.717, 1.165) is 0 Å². The summed E-state index contributed by atoms with van der Waals surface area (Å²) in [6.07, 6.45) is 6.36. The van der Waals surface area contributed by atoms with Crippen LogP contribution in [-0.4, -0.2) is 24.2 Å². The molecule has 0 heterocycles. The van der Waals surface area contributed by atoms with Gasteiger partial charge < -0.3 is 9.84 Å². The van der Waals surface area contributed by atoms with Crippen LogP contribution in [0.2, 0.25) is 0 Å². The summed E-state index contributed by atoms with van der Waals surface area (Å²) >= 11 is 0. The van der Waals surface area contributed by atoms with Crippen molar-refractivity contribution in [3.8, 4) is 0 Å². The molecule has 1 atom stereocenters. The van der Waals surface area contributed by atoms with Gasteiger partial charge in [-0.2, -0.15) is 0 Å². The molecule has 0 saturated carbocycles. The molecule has 0 spiro atoms. The van der Waals surface area contributed by atoms with E-state index in [-0.39, 0.29) is 6.42 Å². The molecule has 1 aliphatic carbocycles. The van der Waals surface area contributed by atoms with E-state index in [9.17, 15) is 9.59 Å². The number of allylic oxidation sites excluding steroid dienone is 3. The fourth-order valence-corrected chi connectivity index (χ4v) is 1.20. The summed E-state index contributed by atoms with van der Waals surface area (Å²) in [5.74, 6) is -1.92. The highest BCUT2D eigenvalue weighted by atomic mass is 16.5. The molecule has 0 aromatic carbocycles. The molecule has 0 aromatic rings. The highest BCUT2D eigenvalue weighted by Gasteiger charge is 2.44. The quantitative estimate of drug-likeness (QED) is 0.505. The maximum Gasteiger partial charge on any atom is 0.327 e. The van der Waals surface area contributed by atoms with Crippen molar-refractivity contribution in [2.45, 2.75) is 6.42 Å². The minimum atomic E-state index is -1.52. The van der Waals surface area contributed by atoms with Crippen molar-refractivity contribution < 1.29 is 19.4 Å². The van der Waals surface area contributed by atoms with Crippen LogP contribution in [0.3, 0.4) is 0 Å². The first-order chi connectivity index (χ1) is 6.13. The Balaban J connectivity index is 3.02. The Bertz CT molecular complexity index is 290. The van der Waals surface area contributed by atoms with E-state index < -0.39 is 17.4 Å². The van der Waals surface area contributed by atoms with Gasteiger partial charge in [-0.15, -0.1) is 0 Å². The summed E-state index contributed by atoms with van der Waals surface area (Å²) in [5.41, 5.74) is -1.52. The normalized spacial score (nSPS) is 25.6. The maximum absolute atomic E-state index is 11.2. The predicted molar refractivity (Wildman–Crippen MR) is 45.0 cm³/mol. The highest BCUT2D eigenvalue weighted by molar-refractivity contribution is 6.01. The largest absolute Gasteiger partial charge is 0.480 e. The molecular formula is C9H10O4. The third kappa shape index (κ3) is 1.47. The number of aliphatic carboxylic acids is 1. The second kappa shape index (κ2) is 3.43. The molecular weight excluding hydrogens is 172 g/mol. The van der Waals surface area contributed by atoms with Crippen molar-refractivity contribution in [1.29, 1.82) is 0 Å². The second-order valence-electron chi connectivity index (χ2n) is 2.76. The van der Waals surface area contributed by atoms with Gasteiger partial charge in [0.2, 0.25) is 0 Å². The van der Waals surface area contributed by atoms with E-state index in [2.05, 4.69) is 4.74 Å². The van der Waals surface area contributed by atoms with Crippen molar-refractivity contribution in [1.82, 2.24) is 0 Å².